The fourth-order valence-electron chi connectivity index (χ4n) is 0.764. The number of amides is 1. The maximum Gasteiger partial charge on any atom is 0.217 e. The highest BCUT2D eigenvalue weighted by Gasteiger charge is 2.09. The van der Waals surface area contributed by atoms with Gasteiger partial charge in [0, 0.05) is 17.7 Å². The first-order valence-electron chi connectivity index (χ1n) is 4.61. The Hall–Kier alpha value is -0.220. The van der Waals surface area contributed by atoms with Gasteiger partial charge in [-0.15, -0.1) is 0 Å². The van der Waals surface area contributed by atoms with Crippen LogP contribution in [-0.2, 0) is 4.79 Å². The number of nitrogens with one attached hydrogen (secondary N) is 1. The van der Waals surface area contributed by atoms with Gasteiger partial charge in [0.25, 0.3) is 0 Å². The molecule has 0 radical (unpaired) electrons. The largest absolute Gasteiger partial charge is 0.370 e. The van der Waals surface area contributed by atoms with Gasteiger partial charge in [-0.2, -0.15) is 0 Å². The van der Waals surface area contributed by atoms with Gasteiger partial charge in [-0.3, -0.25) is 9.52 Å². The third kappa shape index (κ3) is 11.8. The van der Waals surface area contributed by atoms with Crippen molar-refractivity contribution in [2.45, 2.75) is 44.8 Å². The predicted molar refractivity (Wildman–Crippen MR) is 58.4 cm³/mol. The summed E-state index contributed by atoms with van der Waals surface area (Å²) in [7, 11) is 0. The molecule has 13 heavy (non-hydrogen) atoms. The molecule has 0 bridgehead atoms. The summed E-state index contributed by atoms with van der Waals surface area (Å²) in [5.41, 5.74) is 5.01. The molecular weight excluding hydrogens is 184 g/mol. The van der Waals surface area contributed by atoms with Gasteiger partial charge >= 0.3 is 0 Å². The van der Waals surface area contributed by atoms with Crippen LogP contribution in [0.5, 0.6) is 0 Å². The quantitative estimate of drug-likeness (QED) is 0.511. The molecule has 0 heterocycles. The van der Waals surface area contributed by atoms with Gasteiger partial charge in [0.1, 0.15) is 0 Å². The summed E-state index contributed by atoms with van der Waals surface area (Å²) in [6.07, 6.45) is 2.39. The summed E-state index contributed by atoms with van der Waals surface area (Å²) < 4.78 is 3.52. The minimum absolute atomic E-state index is 0.205. The van der Waals surface area contributed by atoms with E-state index in [1.54, 1.807) is 11.9 Å². The lowest BCUT2D eigenvalue weighted by molar-refractivity contribution is -0.118. The van der Waals surface area contributed by atoms with Crippen molar-refractivity contribution in [2.24, 2.45) is 5.73 Å². The van der Waals surface area contributed by atoms with E-state index < -0.39 is 0 Å². The van der Waals surface area contributed by atoms with Gasteiger partial charge in [-0.25, -0.2) is 0 Å². The van der Waals surface area contributed by atoms with E-state index in [0.717, 1.165) is 19.4 Å². The molecule has 0 aromatic carbocycles. The Balaban J connectivity index is 3.13. The standard InChI is InChI=1S/C9H20N2OS/c1-9(2,3)13-11-7-5-4-6-8(10)12/h11H,4-7H2,1-3H3,(H2,10,12). The number of hydrogen-bond acceptors (Lipinski definition) is 3. The van der Waals surface area contributed by atoms with E-state index in [9.17, 15) is 4.79 Å². The van der Waals surface area contributed by atoms with Crippen LogP contribution in [-0.4, -0.2) is 17.2 Å². The minimum Gasteiger partial charge on any atom is -0.370 e. The maximum atomic E-state index is 10.4. The second-order valence-electron chi connectivity index (χ2n) is 4.03. The molecule has 3 N–H and O–H groups in total. The van der Waals surface area contributed by atoms with E-state index >= 15 is 0 Å². The zero-order valence-corrected chi connectivity index (χ0v) is 9.54. The predicted octanol–water partition coefficient (Wildman–Crippen LogP) is 1.68. The monoisotopic (exact) mass is 204 g/mol. The molecule has 1 amide bonds. The van der Waals surface area contributed by atoms with Crippen LogP contribution in [0.2, 0.25) is 0 Å². The smallest absolute Gasteiger partial charge is 0.217 e. The van der Waals surface area contributed by atoms with Crippen LogP contribution in [0.15, 0.2) is 0 Å². The summed E-state index contributed by atoms with van der Waals surface area (Å²) in [5, 5.41) is 0. The number of hydrogen-bond donors (Lipinski definition) is 2. The Bertz CT molecular complexity index is 154. The topological polar surface area (TPSA) is 55.1 Å². The molecule has 0 rings (SSSR count). The third-order valence-corrected chi connectivity index (χ3v) is 2.29. The molecule has 3 nitrogen and oxygen atoms in total. The molecule has 0 aliphatic heterocycles. The van der Waals surface area contributed by atoms with E-state index in [2.05, 4.69) is 25.5 Å². The molecule has 0 atom stereocenters. The van der Waals surface area contributed by atoms with Crippen LogP contribution in [0.3, 0.4) is 0 Å². The van der Waals surface area contributed by atoms with Crippen LogP contribution >= 0.6 is 11.9 Å². The van der Waals surface area contributed by atoms with E-state index in [0.29, 0.717) is 6.42 Å². The second kappa shape index (κ2) is 6.27. The van der Waals surface area contributed by atoms with Gasteiger partial charge in [-0.1, -0.05) is 11.9 Å². The highest BCUT2D eigenvalue weighted by molar-refractivity contribution is 7.98. The van der Waals surface area contributed by atoms with Crippen LogP contribution in [0.1, 0.15) is 40.0 Å². The van der Waals surface area contributed by atoms with Crippen molar-refractivity contribution >= 4 is 17.9 Å². The number of nitrogens with two attached hydrogens (primary N) is 1. The summed E-state index contributed by atoms with van der Waals surface area (Å²) in [6.45, 7) is 7.42. The molecule has 0 aromatic rings. The first kappa shape index (κ1) is 12.8. The number of carbonyl (C=O) groups is 1. The van der Waals surface area contributed by atoms with E-state index in [-0.39, 0.29) is 10.7 Å². The number of rotatable bonds is 6. The van der Waals surface area contributed by atoms with Crippen LogP contribution in [0.4, 0.5) is 0 Å². The Morgan fingerprint density at radius 2 is 2.00 bits per heavy atom. The first-order valence-corrected chi connectivity index (χ1v) is 5.42. The highest BCUT2D eigenvalue weighted by atomic mass is 32.2. The summed E-state index contributed by atoms with van der Waals surface area (Å²) in [4.78, 5) is 10.4. The molecule has 0 aliphatic rings. The number of unbranched alkanes of at least 4 members (excludes halogenated alkanes) is 1. The van der Waals surface area contributed by atoms with Crippen LogP contribution < -0.4 is 10.5 Å². The van der Waals surface area contributed by atoms with Crippen molar-refractivity contribution in [2.75, 3.05) is 6.54 Å². The lowest BCUT2D eigenvalue weighted by Gasteiger charge is -2.17. The molecule has 0 aliphatic carbocycles. The van der Waals surface area contributed by atoms with Gasteiger partial charge in [0.2, 0.25) is 5.91 Å². The Morgan fingerprint density at radius 1 is 1.38 bits per heavy atom. The van der Waals surface area contributed by atoms with Crippen LogP contribution in [0, 0.1) is 0 Å². The van der Waals surface area contributed by atoms with Crippen molar-refractivity contribution in [1.82, 2.24) is 4.72 Å². The molecule has 0 saturated carbocycles. The van der Waals surface area contributed by atoms with Crippen molar-refractivity contribution in [3.05, 3.63) is 0 Å². The molecule has 0 aromatic heterocycles. The summed E-state index contributed by atoms with van der Waals surface area (Å²) in [6, 6.07) is 0. The molecule has 0 unspecified atom stereocenters. The highest BCUT2D eigenvalue weighted by Crippen LogP contribution is 2.19. The lowest BCUT2D eigenvalue weighted by Crippen LogP contribution is -2.18. The molecule has 0 saturated heterocycles. The van der Waals surface area contributed by atoms with Crippen molar-refractivity contribution in [1.29, 1.82) is 0 Å². The Labute approximate surface area is 85.0 Å². The van der Waals surface area contributed by atoms with E-state index in [1.165, 1.54) is 0 Å². The minimum atomic E-state index is -0.205. The number of primary amides is 1. The first-order chi connectivity index (χ1) is 5.92. The van der Waals surface area contributed by atoms with Crippen molar-refractivity contribution in [3.8, 4) is 0 Å². The van der Waals surface area contributed by atoms with Crippen molar-refractivity contribution < 1.29 is 4.79 Å². The Morgan fingerprint density at radius 3 is 2.46 bits per heavy atom. The van der Waals surface area contributed by atoms with E-state index in [4.69, 9.17) is 5.73 Å². The summed E-state index contributed by atoms with van der Waals surface area (Å²) in [5.74, 6) is -0.205. The normalized spacial score (nSPS) is 11.6. The molecule has 4 heteroatoms. The number of carbonyl (C=O) groups excluding carboxylic acids is 1. The maximum absolute atomic E-state index is 10.4. The molecule has 0 spiro atoms. The van der Waals surface area contributed by atoms with Crippen LogP contribution in [0.25, 0.3) is 0 Å². The fourth-order valence-corrected chi connectivity index (χ4v) is 1.44. The fraction of sp³-hybridized carbons (Fsp3) is 0.889. The van der Waals surface area contributed by atoms with Gasteiger partial charge in [0.05, 0.1) is 0 Å². The van der Waals surface area contributed by atoms with Gasteiger partial charge < -0.3 is 5.73 Å². The SMILES string of the molecule is CC(C)(C)SNCCCCC(N)=O. The summed E-state index contributed by atoms with van der Waals surface area (Å²) >= 11 is 1.73. The molecular formula is C9H20N2OS. The average Bonchev–Trinajstić information content (AvgIpc) is 1.93. The van der Waals surface area contributed by atoms with Gasteiger partial charge in [-0.05, 0) is 33.6 Å². The van der Waals surface area contributed by atoms with E-state index in [1.807, 2.05) is 0 Å². The lowest BCUT2D eigenvalue weighted by atomic mass is 10.2. The van der Waals surface area contributed by atoms with Crippen molar-refractivity contribution in [3.63, 3.8) is 0 Å². The van der Waals surface area contributed by atoms with Gasteiger partial charge in [0.15, 0.2) is 0 Å². The Kier molecular flexibility index (Phi) is 6.16. The second-order valence-corrected chi connectivity index (χ2v) is 5.75. The zero-order valence-electron chi connectivity index (χ0n) is 8.72. The third-order valence-electron chi connectivity index (χ3n) is 1.33. The average molecular weight is 204 g/mol. The molecule has 78 valence electrons. The zero-order chi connectivity index (χ0) is 10.3. The molecule has 0 fully saturated rings.